The van der Waals surface area contributed by atoms with Gasteiger partial charge in [-0.05, 0) is 31.9 Å². The first-order valence-corrected chi connectivity index (χ1v) is 6.40. The van der Waals surface area contributed by atoms with Crippen LogP contribution in [0.1, 0.15) is 37.8 Å². The second-order valence-corrected chi connectivity index (χ2v) is 4.38. The lowest BCUT2D eigenvalue weighted by Crippen LogP contribution is -2.21. The molecule has 94 valence electrons. The van der Waals surface area contributed by atoms with Crippen LogP contribution < -0.4 is 14.8 Å². The van der Waals surface area contributed by atoms with Crippen LogP contribution in [0.3, 0.4) is 0 Å². The third kappa shape index (κ3) is 2.72. The fraction of sp³-hybridized carbons (Fsp3) is 0.571. The second kappa shape index (κ2) is 5.92. The number of benzene rings is 1. The molecule has 0 aromatic heterocycles. The molecule has 3 heteroatoms. The molecule has 0 radical (unpaired) electrons. The van der Waals surface area contributed by atoms with Gasteiger partial charge in [0.2, 0.25) is 0 Å². The molecule has 1 heterocycles. The fourth-order valence-electron chi connectivity index (χ4n) is 2.27. The summed E-state index contributed by atoms with van der Waals surface area (Å²) in [4.78, 5) is 0. The normalized spacial score (nSPS) is 19.1. The van der Waals surface area contributed by atoms with Gasteiger partial charge >= 0.3 is 0 Å². The largest absolute Gasteiger partial charge is 0.493 e. The Morgan fingerprint density at radius 1 is 1.47 bits per heavy atom. The van der Waals surface area contributed by atoms with Crippen molar-refractivity contribution in [2.24, 2.45) is 0 Å². The molecule has 1 aromatic carbocycles. The molecule has 0 bridgehead atoms. The van der Waals surface area contributed by atoms with Gasteiger partial charge in [0.15, 0.2) is 11.5 Å². The van der Waals surface area contributed by atoms with Gasteiger partial charge in [-0.25, -0.2) is 0 Å². The minimum Gasteiger partial charge on any atom is -0.493 e. The Bertz CT molecular complexity index is 365. The quantitative estimate of drug-likeness (QED) is 0.870. The van der Waals surface area contributed by atoms with E-state index in [1.165, 1.54) is 5.56 Å². The van der Waals surface area contributed by atoms with Gasteiger partial charge in [-0.15, -0.1) is 0 Å². The summed E-state index contributed by atoms with van der Waals surface area (Å²) in [5.41, 5.74) is 1.23. The summed E-state index contributed by atoms with van der Waals surface area (Å²) in [6, 6.07) is 6.52. The number of rotatable bonds is 4. The van der Waals surface area contributed by atoms with Crippen molar-refractivity contribution < 1.29 is 9.47 Å². The molecule has 1 aliphatic rings. The third-order valence-corrected chi connectivity index (χ3v) is 3.13. The molecule has 1 unspecified atom stereocenters. The van der Waals surface area contributed by atoms with E-state index >= 15 is 0 Å². The molecule has 3 nitrogen and oxygen atoms in total. The minimum absolute atomic E-state index is 0.391. The maximum Gasteiger partial charge on any atom is 0.165 e. The van der Waals surface area contributed by atoms with E-state index in [-0.39, 0.29) is 0 Å². The van der Waals surface area contributed by atoms with Crippen LogP contribution in [0.2, 0.25) is 0 Å². The van der Waals surface area contributed by atoms with Crippen LogP contribution in [0, 0.1) is 0 Å². The SMILES string of the molecule is CCCNC1CCCOc2c(OC)cccc21. The van der Waals surface area contributed by atoms with Crippen molar-refractivity contribution in [2.45, 2.75) is 32.2 Å². The Hall–Kier alpha value is -1.22. The zero-order valence-corrected chi connectivity index (χ0v) is 10.7. The number of hydrogen-bond acceptors (Lipinski definition) is 3. The van der Waals surface area contributed by atoms with Crippen LogP contribution in [-0.4, -0.2) is 20.3 Å². The third-order valence-electron chi connectivity index (χ3n) is 3.13. The molecular weight excluding hydrogens is 214 g/mol. The average molecular weight is 235 g/mol. The topological polar surface area (TPSA) is 30.5 Å². The van der Waals surface area contributed by atoms with Crippen LogP contribution in [0.5, 0.6) is 11.5 Å². The molecule has 1 aliphatic heterocycles. The van der Waals surface area contributed by atoms with Gasteiger partial charge in [-0.2, -0.15) is 0 Å². The van der Waals surface area contributed by atoms with Gasteiger partial charge in [-0.1, -0.05) is 19.1 Å². The van der Waals surface area contributed by atoms with Crippen molar-refractivity contribution in [2.75, 3.05) is 20.3 Å². The maximum absolute atomic E-state index is 5.82. The summed E-state index contributed by atoms with van der Waals surface area (Å²) < 4.78 is 11.2. The van der Waals surface area contributed by atoms with Crippen molar-refractivity contribution in [3.05, 3.63) is 23.8 Å². The highest BCUT2D eigenvalue weighted by Crippen LogP contribution is 2.38. The Kier molecular flexibility index (Phi) is 4.26. The molecule has 0 spiro atoms. The summed E-state index contributed by atoms with van der Waals surface area (Å²) in [5, 5.41) is 3.58. The van der Waals surface area contributed by atoms with Gasteiger partial charge in [0, 0.05) is 11.6 Å². The summed E-state index contributed by atoms with van der Waals surface area (Å²) in [5.74, 6) is 1.76. The molecule has 0 aliphatic carbocycles. The number of hydrogen-bond donors (Lipinski definition) is 1. The lowest BCUT2D eigenvalue weighted by Gasteiger charge is -2.19. The van der Waals surface area contributed by atoms with Gasteiger partial charge in [-0.3, -0.25) is 0 Å². The first-order valence-electron chi connectivity index (χ1n) is 6.40. The van der Waals surface area contributed by atoms with E-state index in [4.69, 9.17) is 9.47 Å². The van der Waals surface area contributed by atoms with Crippen LogP contribution in [0.15, 0.2) is 18.2 Å². The zero-order chi connectivity index (χ0) is 12.1. The van der Waals surface area contributed by atoms with Crippen LogP contribution in [0.25, 0.3) is 0 Å². The van der Waals surface area contributed by atoms with Crippen LogP contribution >= 0.6 is 0 Å². The van der Waals surface area contributed by atoms with Gasteiger partial charge < -0.3 is 14.8 Å². The number of methoxy groups -OCH3 is 1. The smallest absolute Gasteiger partial charge is 0.165 e. The van der Waals surface area contributed by atoms with Gasteiger partial charge in [0.25, 0.3) is 0 Å². The van der Waals surface area contributed by atoms with Crippen molar-refractivity contribution in [1.29, 1.82) is 0 Å². The molecule has 17 heavy (non-hydrogen) atoms. The molecule has 2 rings (SSSR count). The molecular formula is C14H21NO2. The van der Waals surface area contributed by atoms with E-state index in [2.05, 4.69) is 18.3 Å². The first-order chi connectivity index (χ1) is 8.36. The molecule has 0 saturated heterocycles. The van der Waals surface area contributed by atoms with Crippen molar-refractivity contribution in [1.82, 2.24) is 5.32 Å². The molecule has 1 aromatic rings. The predicted molar refractivity (Wildman–Crippen MR) is 68.8 cm³/mol. The predicted octanol–water partition coefficient (Wildman–Crippen LogP) is 2.91. The van der Waals surface area contributed by atoms with E-state index in [1.807, 2.05) is 12.1 Å². The van der Waals surface area contributed by atoms with Gasteiger partial charge in [0.1, 0.15) is 0 Å². The number of ether oxygens (including phenoxy) is 2. The maximum atomic E-state index is 5.82. The van der Waals surface area contributed by atoms with E-state index < -0.39 is 0 Å². The molecule has 0 saturated carbocycles. The standard InChI is InChI=1S/C14H21NO2/c1-3-9-15-12-7-5-10-17-14-11(12)6-4-8-13(14)16-2/h4,6,8,12,15H,3,5,7,9-10H2,1-2H3. The first kappa shape index (κ1) is 12.2. The Morgan fingerprint density at radius 2 is 2.35 bits per heavy atom. The van der Waals surface area contributed by atoms with E-state index in [0.29, 0.717) is 6.04 Å². The lowest BCUT2D eigenvalue weighted by molar-refractivity contribution is 0.294. The number of para-hydroxylation sites is 1. The van der Waals surface area contributed by atoms with Crippen molar-refractivity contribution >= 4 is 0 Å². The fourth-order valence-corrected chi connectivity index (χ4v) is 2.27. The minimum atomic E-state index is 0.391. The average Bonchev–Trinajstić information content (AvgIpc) is 2.58. The zero-order valence-electron chi connectivity index (χ0n) is 10.7. The van der Waals surface area contributed by atoms with E-state index in [9.17, 15) is 0 Å². The second-order valence-electron chi connectivity index (χ2n) is 4.38. The Labute approximate surface area is 103 Å². The summed E-state index contributed by atoms with van der Waals surface area (Å²) in [6.45, 7) is 4.01. The van der Waals surface area contributed by atoms with E-state index in [1.54, 1.807) is 7.11 Å². The summed E-state index contributed by atoms with van der Waals surface area (Å²) in [7, 11) is 1.69. The Morgan fingerprint density at radius 3 is 3.12 bits per heavy atom. The molecule has 1 N–H and O–H groups in total. The summed E-state index contributed by atoms with van der Waals surface area (Å²) >= 11 is 0. The highest BCUT2D eigenvalue weighted by atomic mass is 16.5. The highest BCUT2D eigenvalue weighted by molar-refractivity contribution is 5.48. The summed E-state index contributed by atoms with van der Waals surface area (Å²) in [6.07, 6.45) is 3.36. The lowest BCUT2D eigenvalue weighted by atomic mass is 10.0. The Balaban J connectivity index is 2.28. The van der Waals surface area contributed by atoms with Gasteiger partial charge in [0.05, 0.1) is 13.7 Å². The van der Waals surface area contributed by atoms with Crippen molar-refractivity contribution in [3.63, 3.8) is 0 Å². The van der Waals surface area contributed by atoms with Crippen LogP contribution in [-0.2, 0) is 0 Å². The number of nitrogens with one attached hydrogen (secondary N) is 1. The highest BCUT2D eigenvalue weighted by Gasteiger charge is 2.21. The monoisotopic (exact) mass is 235 g/mol. The van der Waals surface area contributed by atoms with Crippen molar-refractivity contribution in [3.8, 4) is 11.5 Å². The molecule has 1 atom stereocenters. The molecule has 0 amide bonds. The number of fused-ring (bicyclic) bond motifs is 1. The van der Waals surface area contributed by atoms with E-state index in [0.717, 1.165) is 43.9 Å². The molecule has 0 fully saturated rings. The van der Waals surface area contributed by atoms with Crippen LogP contribution in [0.4, 0.5) is 0 Å².